The molecule has 2 aromatic rings. The fraction of sp³-hybridized carbons (Fsp3) is 0.308. The number of aliphatic hydroxyl groups is 1. The first-order valence-electron chi connectivity index (χ1n) is 5.91. The highest BCUT2D eigenvalue weighted by molar-refractivity contribution is 9.10. The lowest BCUT2D eigenvalue weighted by atomic mass is 10.0. The van der Waals surface area contributed by atoms with E-state index in [0.717, 1.165) is 15.6 Å². The Morgan fingerprint density at radius 2 is 2.11 bits per heavy atom. The molecule has 6 heteroatoms. The molecule has 19 heavy (non-hydrogen) atoms. The maximum atomic E-state index is 10.4. The molecule has 1 atom stereocenters. The minimum absolute atomic E-state index is 0.520. The predicted octanol–water partition coefficient (Wildman–Crippen LogP) is 2.04. The van der Waals surface area contributed by atoms with E-state index in [4.69, 9.17) is 9.47 Å². The van der Waals surface area contributed by atoms with Gasteiger partial charge in [0.05, 0.1) is 10.7 Å². The molecule has 0 fully saturated rings. The minimum Gasteiger partial charge on any atom is -0.486 e. The molecule has 1 aliphatic rings. The fourth-order valence-electron chi connectivity index (χ4n) is 2.06. The van der Waals surface area contributed by atoms with E-state index in [-0.39, 0.29) is 0 Å². The Morgan fingerprint density at radius 3 is 2.84 bits per heavy atom. The van der Waals surface area contributed by atoms with Crippen LogP contribution in [0.3, 0.4) is 0 Å². The Bertz CT molecular complexity index is 612. The van der Waals surface area contributed by atoms with Gasteiger partial charge in [0.25, 0.3) is 0 Å². The first-order valence-corrected chi connectivity index (χ1v) is 6.70. The molecular formula is C13H13BrN2O3. The van der Waals surface area contributed by atoms with Gasteiger partial charge in [-0.25, -0.2) is 0 Å². The fourth-order valence-corrected chi connectivity index (χ4v) is 2.64. The summed E-state index contributed by atoms with van der Waals surface area (Å²) in [6, 6.07) is 3.64. The molecule has 5 nitrogen and oxygen atoms in total. The number of halogens is 1. The molecule has 0 amide bonds. The van der Waals surface area contributed by atoms with E-state index in [2.05, 4.69) is 21.0 Å². The van der Waals surface area contributed by atoms with Crippen LogP contribution in [0.5, 0.6) is 11.5 Å². The standard InChI is InChI=1S/C13H13BrN2O3/c1-16-7-9(6-15-16)12(17)8-4-10(14)13-11(5-8)18-2-3-19-13/h4-7,12,17H,2-3H2,1H3. The molecule has 0 saturated heterocycles. The Hall–Kier alpha value is -1.53. The van der Waals surface area contributed by atoms with Gasteiger partial charge in [0.2, 0.25) is 0 Å². The van der Waals surface area contributed by atoms with Crippen LogP contribution in [0.4, 0.5) is 0 Å². The van der Waals surface area contributed by atoms with Crippen molar-refractivity contribution in [2.75, 3.05) is 13.2 Å². The molecular weight excluding hydrogens is 312 g/mol. The number of aliphatic hydroxyl groups excluding tert-OH is 1. The van der Waals surface area contributed by atoms with Crippen LogP contribution in [0.25, 0.3) is 0 Å². The average Bonchev–Trinajstić information content (AvgIpc) is 2.84. The Morgan fingerprint density at radius 1 is 1.32 bits per heavy atom. The molecule has 0 radical (unpaired) electrons. The summed E-state index contributed by atoms with van der Waals surface area (Å²) in [5, 5.41) is 14.4. The first kappa shape index (κ1) is 12.5. The molecule has 1 aliphatic heterocycles. The summed E-state index contributed by atoms with van der Waals surface area (Å²) in [5.74, 6) is 1.34. The number of hydrogen-bond acceptors (Lipinski definition) is 4. The van der Waals surface area contributed by atoms with Gasteiger partial charge in [-0.3, -0.25) is 4.68 Å². The molecule has 0 aliphatic carbocycles. The van der Waals surface area contributed by atoms with Crippen LogP contribution in [0.15, 0.2) is 29.0 Å². The minimum atomic E-state index is -0.735. The molecule has 1 aromatic carbocycles. The number of hydrogen-bond donors (Lipinski definition) is 1. The van der Waals surface area contributed by atoms with Gasteiger partial charge >= 0.3 is 0 Å². The lowest BCUT2D eigenvalue weighted by Gasteiger charge is -2.21. The van der Waals surface area contributed by atoms with E-state index in [1.165, 1.54) is 0 Å². The number of rotatable bonds is 2. The number of nitrogens with zero attached hydrogens (tertiary/aromatic N) is 2. The third-order valence-corrected chi connectivity index (χ3v) is 3.56. The largest absolute Gasteiger partial charge is 0.486 e. The van der Waals surface area contributed by atoms with Gasteiger partial charge in [-0.05, 0) is 33.6 Å². The second-order valence-electron chi connectivity index (χ2n) is 4.38. The molecule has 100 valence electrons. The molecule has 0 saturated carbocycles. The van der Waals surface area contributed by atoms with Gasteiger partial charge in [-0.15, -0.1) is 0 Å². The van der Waals surface area contributed by atoms with E-state index in [0.29, 0.717) is 24.7 Å². The van der Waals surface area contributed by atoms with Crippen molar-refractivity contribution in [2.45, 2.75) is 6.10 Å². The summed E-state index contributed by atoms with van der Waals surface area (Å²) < 4.78 is 13.5. The van der Waals surface area contributed by atoms with Crippen molar-refractivity contribution in [3.05, 3.63) is 40.1 Å². The topological polar surface area (TPSA) is 56.5 Å². The molecule has 0 bridgehead atoms. The number of fused-ring (bicyclic) bond motifs is 1. The van der Waals surface area contributed by atoms with Crippen molar-refractivity contribution < 1.29 is 14.6 Å². The van der Waals surface area contributed by atoms with Crippen molar-refractivity contribution in [3.63, 3.8) is 0 Å². The van der Waals surface area contributed by atoms with Gasteiger partial charge < -0.3 is 14.6 Å². The summed E-state index contributed by atoms with van der Waals surface area (Å²) in [5.41, 5.74) is 1.48. The number of aromatic nitrogens is 2. The normalized spacial score (nSPS) is 15.3. The maximum absolute atomic E-state index is 10.4. The van der Waals surface area contributed by atoms with Crippen LogP contribution in [0.1, 0.15) is 17.2 Å². The third kappa shape index (κ3) is 2.33. The molecule has 1 aromatic heterocycles. The maximum Gasteiger partial charge on any atom is 0.175 e. The van der Waals surface area contributed by atoms with Gasteiger partial charge in [-0.2, -0.15) is 5.10 Å². The summed E-state index contributed by atoms with van der Waals surface area (Å²) in [4.78, 5) is 0. The van der Waals surface area contributed by atoms with E-state index in [1.54, 1.807) is 23.1 Å². The summed E-state index contributed by atoms with van der Waals surface area (Å²) >= 11 is 3.44. The number of benzene rings is 1. The van der Waals surface area contributed by atoms with Crippen molar-refractivity contribution in [2.24, 2.45) is 7.05 Å². The summed E-state index contributed by atoms with van der Waals surface area (Å²) in [6.45, 7) is 1.06. The third-order valence-electron chi connectivity index (χ3n) is 2.98. The number of ether oxygens (including phenoxy) is 2. The molecule has 3 rings (SSSR count). The zero-order valence-electron chi connectivity index (χ0n) is 10.3. The predicted molar refractivity (Wildman–Crippen MR) is 72.4 cm³/mol. The van der Waals surface area contributed by atoms with Crippen molar-refractivity contribution in [3.8, 4) is 11.5 Å². The molecule has 0 spiro atoms. The lowest BCUT2D eigenvalue weighted by molar-refractivity contribution is 0.168. The van der Waals surface area contributed by atoms with E-state index in [1.807, 2.05) is 13.1 Å². The highest BCUT2D eigenvalue weighted by Crippen LogP contribution is 2.40. The van der Waals surface area contributed by atoms with E-state index >= 15 is 0 Å². The Labute approximate surface area is 118 Å². The van der Waals surface area contributed by atoms with Crippen molar-refractivity contribution in [1.29, 1.82) is 0 Å². The molecule has 2 heterocycles. The zero-order valence-corrected chi connectivity index (χ0v) is 11.9. The van der Waals surface area contributed by atoms with Crippen LogP contribution < -0.4 is 9.47 Å². The highest BCUT2D eigenvalue weighted by Gasteiger charge is 2.20. The van der Waals surface area contributed by atoms with Crippen LogP contribution in [-0.2, 0) is 7.05 Å². The highest BCUT2D eigenvalue weighted by atomic mass is 79.9. The Balaban J connectivity index is 1.99. The van der Waals surface area contributed by atoms with Crippen LogP contribution in [0, 0.1) is 0 Å². The van der Waals surface area contributed by atoms with Gasteiger partial charge in [0, 0.05) is 18.8 Å². The smallest absolute Gasteiger partial charge is 0.175 e. The summed E-state index contributed by atoms with van der Waals surface area (Å²) in [6.07, 6.45) is 2.70. The van der Waals surface area contributed by atoms with Crippen LogP contribution in [-0.4, -0.2) is 28.1 Å². The first-order chi connectivity index (χ1) is 9.15. The van der Waals surface area contributed by atoms with Gasteiger partial charge in [-0.1, -0.05) is 0 Å². The van der Waals surface area contributed by atoms with Crippen LogP contribution >= 0.6 is 15.9 Å². The Kier molecular flexibility index (Phi) is 3.20. The van der Waals surface area contributed by atoms with Crippen LogP contribution in [0.2, 0.25) is 0 Å². The average molecular weight is 325 g/mol. The zero-order chi connectivity index (χ0) is 13.4. The second kappa shape index (κ2) is 4.86. The monoisotopic (exact) mass is 324 g/mol. The van der Waals surface area contributed by atoms with Crippen molar-refractivity contribution in [1.82, 2.24) is 9.78 Å². The van der Waals surface area contributed by atoms with Gasteiger partial charge in [0.1, 0.15) is 19.3 Å². The quantitative estimate of drug-likeness (QED) is 0.918. The summed E-state index contributed by atoms with van der Waals surface area (Å²) in [7, 11) is 1.82. The molecule has 1 unspecified atom stereocenters. The van der Waals surface area contributed by atoms with Crippen molar-refractivity contribution >= 4 is 15.9 Å². The van der Waals surface area contributed by atoms with E-state index in [9.17, 15) is 5.11 Å². The van der Waals surface area contributed by atoms with E-state index < -0.39 is 6.10 Å². The lowest BCUT2D eigenvalue weighted by Crippen LogP contribution is -2.16. The SMILES string of the molecule is Cn1cc(C(O)c2cc(Br)c3c(c2)OCCO3)cn1. The number of aryl methyl sites for hydroxylation is 1. The second-order valence-corrected chi connectivity index (χ2v) is 5.23. The van der Waals surface area contributed by atoms with Gasteiger partial charge in [0.15, 0.2) is 11.5 Å². The molecule has 1 N–H and O–H groups in total.